The summed E-state index contributed by atoms with van der Waals surface area (Å²) in [5.41, 5.74) is 0.887. The molecule has 1 unspecified atom stereocenters. The van der Waals surface area contributed by atoms with Gasteiger partial charge >= 0.3 is 29.6 Å². The normalized spacial score (nSPS) is 11.7. The van der Waals surface area contributed by atoms with Crippen molar-refractivity contribution in [1.29, 1.82) is 0 Å². The zero-order valence-corrected chi connectivity index (χ0v) is 15.4. The maximum atomic E-state index is 13.0. The molecule has 7 heteroatoms. The second-order valence-corrected chi connectivity index (χ2v) is 5.71. The van der Waals surface area contributed by atoms with Crippen LogP contribution in [0, 0.1) is 5.82 Å². The van der Waals surface area contributed by atoms with Gasteiger partial charge in [0.1, 0.15) is 5.82 Å². The molecule has 2 aromatic heterocycles. The van der Waals surface area contributed by atoms with E-state index in [4.69, 9.17) is 4.42 Å². The summed E-state index contributed by atoms with van der Waals surface area (Å²) in [6.07, 6.45) is 0. The number of hydrogen-bond acceptors (Lipinski definition) is 5. The summed E-state index contributed by atoms with van der Waals surface area (Å²) in [6.45, 7) is 1.50. The van der Waals surface area contributed by atoms with Gasteiger partial charge in [0.05, 0.1) is 16.5 Å². The number of benzene rings is 1. The van der Waals surface area contributed by atoms with Crippen LogP contribution in [0.4, 0.5) is 4.39 Å². The number of oxazole rings is 1. The number of hydrogen-bond donors (Lipinski definition) is 0. The second-order valence-electron chi connectivity index (χ2n) is 4.76. The minimum absolute atomic E-state index is 0. The van der Waals surface area contributed by atoms with Crippen LogP contribution < -0.4 is 34.7 Å². The molecule has 112 valence electrons. The van der Waals surface area contributed by atoms with E-state index in [0.29, 0.717) is 17.0 Å². The van der Waals surface area contributed by atoms with Gasteiger partial charge < -0.3 is 14.3 Å². The number of rotatable bonds is 4. The van der Waals surface area contributed by atoms with Crippen LogP contribution in [-0.2, 0) is 4.79 Å². The number of carbonyl (C=O) groups is 1. The van der Waals surface area contributed by atoms with Crippen LogP contribution in [0.5, 0.6) is 0 Å². The summed E-state index contributed by atoms with van der Waals surface area (Å²) >= 11 is 1.42. The fourth-order valence-electron chi connectivity index (χ4n) is 2.04. The molecule has 0 saturated heterocycles. The predicted octanol–water partition coefficient (Wildman–Crippen LogP) is 0.0666. The van der Waals surface area contributed by atoms with Gasteiger partial charge in [0, 0.05) is 11.5 Å². The van der Waals surface area contributed by atoms with Crippen molar-refractivity contribution in [3.8, 4) is 22.1 Å². The first-order chi connectivity index (χ1) is 10.6. The van der Waals surface area contributed by atoms with Gasteiger partial charge in [-0.2, -0.15) is 0 Å². The van der Waals surface area contributed by atoms with E-state index in [1.807, 2.05) is 17.5 Å². The zero-order chi connectivity index (χ0) is 15.7. The molecule has 0 saturated carbocycles. The number of carbonyl (C=O) groups excluding carboxylic acids is 1. The molecular formula is C16H11FNNaO3S. The Morgan fingerprint density at radius 3 is 2.57 bits per heavy atom. The molecule has 0 N–H and O–H groups in total. The van der Waals surface area contributed by atoms with Gasteiger partial charge in [-0.3, -0.25) is 0 Å². The zero-order valence-electron chi connectivity index (χ0n) is 12.6. The van der Waals surface area contributed by atoms with Crippen LogP contribution in [0.15, 0.2) is 46.2 Å². The van der Waals surface area contributed by atoms with Gasteiger partial charge in [-0.15, -0.1) is 11.3 Å². The molecule has 4 nitrogen and oxygen atoms in total. The molecule has 0 bridgehead atoms. The first kappa shape index (κ1) is 17.9. The van der Waals surface area contributed by atoms with E-state index in [1.54, 1.807) is 0 Å². The van der Waals surface area contributed by atoms with Crippen molar-refractivity contribution in [3.05, 3.63) is 53.3 Å². The third-order valence-electron chi connectivity index (χ3n) is 3.25. The van der Waals surface area contributed by atoms with Crippen molar-refractivity contribution in [2.45, 2.75) is 12.8 Å². The Labute approximate surface area is 158 Å². The van der Waals surface area contributed by atoms with Gasteiger partial charge in [-0.05, 0) is 35.7 Å². The van der Waals surface area contributed by atoms with Crippen LogP contribution in [0.3, 0.4) is 0 Å². The fourth-order valence-corrected chi connectivity index (χ4v) is 2.75. The second kappa shape index (κ2) is 7.40. The SMILES string of the molecule is CC(C(=O)[O-])c1nc(-c2ccc(F)cc2)oc1-c1cccs1.[Na+]. The largest absolute Gasteiger partial charge is 1.00 e. The number of thiophene rings is 1. The molecule has 1 aromatic carbocycles. The Bertz CT molecular complexity index is 799. The van der Waals surface area contributed by atoms with Crippen molar-refractivity contribution >= 4 is 17.3 Å². The molecular weight excluding hydrogens is 328 g/mol. The van der Waals surface area contributed by atoms with E-state index >= 15 is 0 Å². The quantitative estimate of drug-likeness (QED) is 0.631. The van der Waals surface area contributed by atoms with E-state index in [2.05, 4.69) is 4.98 Å². The van der Waals surface area contributed by atoms with E-state index in [9.17, 15) is 14.3 Å². The summed E-state index contributed by atoms with van der Waals surface area (Å²) in [6, 6.07) is 9.33. The number of aromatic nitrogens is 1. The molecule has 0 aliphatic rings. The van der Waals surface area contributed by atoms with Crippen molar-refractivity contribution in [3.63, 3.8) is 0 Å². The number of carboxylic acid groups (broad SMARTS) is 1. The predicted molar refractivity (Wildman–Crippen MR) is 78.6 cm³/mol. The Morgan fingerprint density at radius 2 is 2.00 bits per heavy atom. The molecule has 3 aromatic rings. The molecule has 0 radical (unpaired) electrons. The van der Waals surface area contributed by atoms with Crippen molar-refractivity contribution in [1.82, 2.24) is 4.98 Å². The third-order valence-corrected chi connectivity index (χ3v) is 4.12. The van der Waals surface area contributed by atoms with E-state index in [-0.39, 0.29) is 41.3 Å². The Balaban J connectivity index is 0.00000192. The van der Waals surface area contributed by atoms with E-state index < -0.39 is 11.9 Å². The molecule has 23 heavy (non-hydrogen) atoms. The van der Waals surface area contributed by atoms with Gasteiger partial charge in [-0.1, -0.05) is 13.0 Å². The molecule has 1 atom stereocenters. The van der Waals surface area contributed by atoms with Crippen LogP contribution in [-0.4, -0.2) is 11.0 Å². The minimum Gasteiger partial charge on any atom is -0.549 e. The van der Waals surface area contributed by atoms with Crippen LogP contribution in [0.1, 0.15) is 18.5 Å². The molecule has 0 aliphatic heterocycles. The van der Waals surface area contributed by atoms with Gasteiger partial charge in [-0.25, -0.2) is 9.37 Å². The van der Waals surface area contributed by atoms with Crippen LogP contribution in [0.25, 0.3) is 22.1 Å². The number of nitrogens with zero attached hydrogens (tertiary/aromatic N) is 1. The Kier molecular flexibility index (Phi) is 5.75. The maximum Gasteiger partial charge on any atom is 1.00 e. The average molecular weight is 339 g/mol. The van der Waals surface area contributed by atoms with E-state index in [0.717, 1.165) is 4.88 Å². The molecule has 0 aliphatic carbocycles. The summed E-state index contributed by atoms with van der Waals surface area (Å²) in [4.78, 5) is 16.2. The number of carboxylic acids is 1. The van der Waals surface area contributed by atoms with Crippen molar-refractivity contribution in [2.75, 3.05) is 0 Å². The van der Waals surface area contributed by atoms with Gasteiger partial charge in [0.25, 0.3) is 0 Å². The summed E-state index contributed by atoms with van der Waals surface area (Å²) in [5, 5.41) is 13.0. The van der Waals surface area contributed by atoms with Crippen LogP contribution >= 0.6 is 11.3 Å². The minimum atomic E-state index is -1.23. The molecule has 2 heterocycles. The van der Waals surface area contributed by atoms with Crippen molar-refractivity contribution in [2.24, 2.45) is 0 Å². The molecule has 3 rings (SSSR count). The fraction of sp³-hybridized carbons (Fsp3) is 0.125. The first-order valence-corrected chi connectivity index (χ1v) is 7.45. The number of halogens is 1. The maximum absolute atomic E-state index is 13.0. The number of aliphatic carboxylic acids is 1. The van der Waals surface area contributed by atoms with Gasteiger partial charge in [0.15, 0.2) is 5.76 Å². The average Bonchev–Trinajstić information content (AvgIpc) is 3.16. The molecule has 0 fully saturated rings. The van der Waals surface area contributed by atoms with Gasteiger partial charge in [0.2, 0.25) is 5.89 Å². The first-order valence-electron chi connectivity index (χ1n) is 6.57. The molecule has 0 spiro atoms. The summed E-state index contributed by atoms with van der Waals surface area (Å²) in [5.74, 6) is -1.83. The summed E-state index contributed by atoms with van der Waals surface area (Å²) in [7, 11) is 0. The summed E-state index contributed by atoms with van der Waals surface area (Å²) < 4.78 is 18.8. The molecule has 0 amide bonds. The smallest absolute Gasteiger partial charge is 0.549 e. The van der Waals surface area contributed by atoms with E-state index in [1.165, 1.54) is 42.5 Å². The third kappa shape index (κ3) is 3.72. The topological polar surface area (TPSA) is 66.2 Å². The van der Waals surface area contributed by atoms with Crippen LogP contribution in [0.2, 0.25) is 0 Å². The van der Waals surface area contributed by atoms with Crippen molar-refractivity contribution < 1.29 is 48.3 Å². The monoisotopic (exact) mass is 339 g/mol. The Morgan fingerprint density at radius 1 is 1.30 bits per heavy atom. The standard InChI is InChI=1S/C16H12FNO3S.Na/c1-9(16(19)20)13-14(12-3-2-8-22-12)21-15(18-13)10-4-6-11(17)7-5-10;/h2-9H,1H3,(H,19,20);/q;+1/p-1. The Hall–Kier alpha value is -1.47.